The Morgan fingerprint density at radius 1 is 1.21 bits per heavy atom. The molecule has 0 atom stereocenters. The number of carbonyl (C=O) groups excluding carboxylic acids is 1. The molecule has 0 saturated carbocycles. The number of carbonyl (C=O) groups is 1. The molecule has 0 saturated heterocycles. The van der Waals surface area contributed by atoms with Crippen LogP contribution in [0.4, 0.5) is 17.6 Å². The average molecular weight is 227 g/mol. The van der Waals surface area contributed by atoms with Crippen LogP contribution >= 0.6 is 11.6 Å². The topological polar surface area (TPSA) is 17.1 Å². The maximum atomic E-state index is 12.7. The Morgan fingerprint density at radius 3 is 2.00 bits per heavy atom. The van der Waals surface area contributed by atoms with Gasteiger partial charge in [-0.2, -0.15) is 0 Å². The van der Waals surface area contributed by atoms with Gasteiger partial charge < -0.3 is 0 Å². The van der Waals surface area contributed by atoms with Gasteiger partial charge >= 0.3 is 6.43 Å². The van der Waals surface area contributed by atoms with Gasteiger partial charge in [0.15, 0.2) is 0 Å². The van der Waals surface area contributed by atoms with Gasteiger partial charge in [-0.1, -0.05) is 11.6 Å². The Kier molecular flexibility index (Phi) is 3.10. The molecule has 0 bridgehead atoms. The molecule has 14 heavy (non-hydrogen) atoms. The summed E-state index contributed by atoms with van der Waals surface area (Å²) in [5.74, 6) is -4.12. The van der Waals surface area contributed by atoms with Crippen molar-refractivity contribution in [1.82, 2.24) is 0 Å². The van der Waals surface area contributed by atoms with Crippen molar-refractivity contribution >= 4 is 17.4 Å². The van der Waals surface area contributed by atoms with Crippen LogP contribution in [0.15, 0.2) is 12.1 Å². The lowest BCUT2D eigenvalue weighted by molar-refractivity contribution is 0.0678. The molecule has 0 aliphatic heterocycles. The highest BCUT2D eigenvalue weighted by molar-refractivity contribution is 6.31. The van der Waals surface area contributed by atoms with Crippen LogP contribution in [0.3, 0.4) is 0 Å². The zero-order valence-electron chi connectivity index (χ0n) is 6.53. The number of benzene rings is 1. The summed E-state index contributed by atoms with van der Waals surface area (Å²) in [6, 6.07) is 0.944. The third-order valence-corrected chi connectivity index (χ3v) is 1.83. The molecule has 0 aliphatic rings. The maximum absolute atomic E-state index is 12.7. The summed E-state index contributed by atoms with van der Waals surface area (Å²) in [6.45, 7) is 0. The van der Waals surface area contributed by atoms with E-state index in [2.05, 4.69) is 0 Å². The highest BCUT2D eigenvalue weighted by Gasteiger charge is 2.20. The van der Waals surface area contributed by atoms with Crippen molar-refractivity contribution < 1.29 is 22.4 Å². The first kappa shape index (κ1) is 11.0. The fourth-order valence-electron chi connectivity index (χ4n) is 0.824. The van der Waals surface area contributed by atoms with E-state index in [0.717, 1.165) is 0 Å². The van der Waals surface area contributed by atoms with E-state index in [9.17, 15) is 22.4 Å². The first-order valence-corrected chi connectivity index (χ1v) is 3.78. The highest BCUT2D eigenvalue weighted by atomic mass is 35.5. The van der Waals surface area contributed by atoms with Crippen molar-refractivity contribution in [2.75, 3.05) is 0 Å². The smallest absolute Gasteiger partial charge is 0.288 e. The normalized spacial score (nSPS) is 10.7. The van der Waals surface area contributed by atoms with Crippen LogP contribution < -0.4 is 0 Å². The summed E-state index contributed by atoms with van der Waals surface area (Å²) in [6.07, 6.45) is -3.30. The van der Waals surface area contributed by atoms with Crippen molar-refractivity contribution in [3.63, 3.8) is 0 Å². The predicted molar refractivity (Wildman–Crippen MR) is 41.7 cm³/mol. The van der Waals surface area contributed by atoms with E-state index in [1.165, 1.54) is 0 Å². The zero-order valence-corrected chi connectivity index (χ0v) is 7.29. The van der Waals surface area contributed by atoms with Crippen molar-refractivity contribution in [1.29, 1.82) is 0 Å². The van der Waals surface area contributed by atoms with Crippen LogP contribution in [0.1, 0.15) is 10.4 Å². The molecular weight excluding hydrogens is 224 g/mol. The third-order valence-electron chi connectivity index (χ3n) is 1.47. The number of hydrogen-bond donors (Lipinski definition) is 0. The van der Waals surface area contributed by atoms with Gasteiger partial charge in [-0.05, 0) is 12.1 Å². The summed E-state index contributed by atoms with van der Waals surface area (Å²) in [5, 5.41) is -0.823. The second-order valence-corrected chi connectivity index (χ2v) is 2.80. The van der Waals surface area contributed by atoms with Gasteiger partial charge in [0.05, 0.1) is 0 Å². The minimum Gasteiger partial charge on any atom is -0.288 e. The van der Waals surface area contributed by atoms with Gasteiger partial charge in [0.2, 0.25) is 5.78 Å². The van der Waals surface area contributed by atoms with E-state index >= 15 is 0 Å². The molecule has 0 unspecified atom stereocenters. The SMILES string of the molecule is O=C(c1cc(F)c(Cl)c(F)c1)C(F)F. The Labute approximate surface area is 81.3 Å². The Bertz CT molecular complexity index is 355. The summed E-state index contributed by atoms with van der Waals surface area (Å²) in [5.41, 5.74) is -0.737. The Hall–Kier alpha value is -1.10. The van der Waals surface area contributed by atoms with E-state index in [0.29, 0.717) is 12.1 Å². The molecule has 0 aliphatic carbocycles. The predicted octanol–water partition coefficient (Wildman–Crippen LogP) is 3.07. The Balaban J connectivity index is 3.19. The molecule has 6 heteroatoms. The molecule has 0 fully saturated rings. The van der Waals surface area contributed by atoms with Crippen LogP contribution in [-0.2, 0) is 0 Å². The summed E-state index contributed by atoms with van der Waals surface area (Å²) >= 11 is 5.09. The lowest BCUT2D eigenvalue weighted by atomic mass is 10.1. The molecule has 0 radical (unpaired) electrons. The van der Waals surface area contributed by atoms with E-state index in [1.807, 2.05) is 0 Å². The van der Waals surface area contributed by atoms with Crippen LogP contribution in [0.2, 0.25) is 5.02 Å². The molecule has 0 spiro atoms. The Morgan fingerprint density at radius 2 is 1.64 bits per heavy atom. The lowest BCUT2D eigenvalue weighted by Gasteiger charge is -2.01. The minimum atomic E-state index is -3.30. The summed E-state index contributed by atoms with van der Waals surface area (Å²) in [7, 11) is 0. The van der Waals surface area contributed by atoms with Crippen molar-refractivity contribution in [2.45, 2.75) is 6.43 Å². The molecule has 1 nitrogen and oxygen atoms in total. The van der Waals surface area contributed by atoms with E-state index in [4.69, 9.17) is 11.6 Å². The van der Waals surface area contributed by atoms with Gasteiger partial charge in [0, 0.05) is 5.56 Å². The van der Waals surface area contributed by atoms with Crippen LogP contribution in [0.25, 0.3) is 0 Å². The van der Waals surface area contributed by atoms with E-state index in [-0.39, 0.29) is 0 Å². The molecule has 0 amide bonds. The number of alkyl halides is 2. The molecule has 0 N–H and O–H groups in total. The molecule has 0 heterocycles. The number of rotatable bonds is 2. The molecular formula is C8H3ClF4O. The van der Waals surface area contributed by atoms with Gasteiger partial charge in [0.1, 0.15) is 16.7 Å². The van der Waals surface area contributed by atoms with Crippen molar-refractivity contribution in [3.05, 3.63) is 34.4 Å². The second-order valence-electron chi connectivity index (χ2n) is 2.42. The first-order chi connectivity index (χ1) is 6.43. The van der Waals surface area contributed by atoms with Gasteiger partial charge in [0.25, 0.3) is 0 Å². The van der Waals surface area contributed by atoms with Gasteiger partial charge in [-0.3, -0.25) is 4.79 Å². The number of hydrogen-bond acceptors (Lipinski definition) is 1. The van der Waals surface area contributed by atoms with Crippen LogP contribution in [0.5, 0.6) is 0 Å². The number of halogens is 5. The van der Waals surface area contributed by atoms with Crippen LogP contribution in [-0.4, -0.2) is 12.2 Å². The second kappa shape index (κ2) is 3.96. The van der Waals surface area contributed by atoms with Crippen molar-refractivity contribution in [3.8, 4) is 0 Å². The number of Topliss-reactive ketones (excluding diaryl/α,β-unsaturated/α-hetero) is 1. The first-order valence-electron chi connectivity index (χ1n) is 3.40. The zero-order chi connectivity index (χ0) is 10.9. The highest BCUT2D eigenvalue weighted by Crippen LogP contribution is 2.21. The van der Waals surface area contributed by atoms with E-state index in [1.54, 1.807) is 0 Å². The van der Waals surface area contributed by atoms with Crippen molar-refractivity contribution in [2.24, 2.45) is 0 Å². The van der Waals surface area contributed by atoms with E-state index < -0.39 is 34.4 Å². The monoisotopic (exact) mass is 226 g/mol. The summed E-state index contributed by atoms with van der Waals surface area (Å²) < 4.78 is 49.1. The van der Waals surface area contributed by atoms with Gasteiger partial charge in [-0.25, -0.2) is 17.6 Å². The lowest BCUT2D eigenvalue weighted by Crippen LogP contribution is -2.11. The average Bonchev–Trinajstić information content (AvgIpc) is 2.12. The molecule has 0 aromatic heterocycles. The fraction of sp³-hybridized carbons (Fsp3) is 0.125. The summed E-state index contributed by atoms with van der Waals surface area (Å²) in [4.78, 5) is 10.6. The fourth-order valence-corrected chi connectivity index (χ4v) is 0.933. The molecule has 1 aromatic rings. The molecule has 76 valence electrons. The molecule has 1 rings (SSSR count). The third kappa shape index (κ3) is 2.04. The minimum absolute atomic E-state index is 0.472. The van der Waals surface area contributed by atoms with Crippen LogP contribution in [0, 0.1) is 11.6 Å². The standard InChI is InChI=1S/C8H3ClF4O/c9-6-4(10)1-3(2-5(6)11)7(14)8(12)13/h1-2,8H. The largest absolute Gasteiger partial charge is 0.300 e. The number of ketones is 1. The quantitative estimate of drug-likeness (QED) is 0.430. The van der Waals surface area contributed by atoms with Gasteiger partial charge in [-0.15, -0.1) is 0 Å². The maximum Gasteiger partial charge on any atom is 0.300 e. The molecule has 1 aromatic carbocycles.